The van der Waals surface area contributed by atoms with E-state index >= 15 is 0 Å². The highest BCUT2D eigenvalue weighted by atomic mass is 31.2. The minimum absolute atomic E-state index is 0.0589. The number of aromatic nitrogens is 1. The van der Waals surface area contributed by atoms with Gasteiger partial charge in [0.15, 0.2) is 0 Å². The van der Waals surface area contributed by atoms with Crippen molar-refractivity contribution in [2.24, 2.45) is 0 Å². The summed E-state index contributed by atoms with van der Waals surface area (Å²) in [5, 5.41) is 3.33. The maximum Gasteiger partial charge on any atom is 0.325 e. The van der Waals surface area contributed by atoms with Crippen LogP contribution in [0.4, 0.5) is 0 Å². The third kappa shape index (κ3) is 6.61. The molecule has 3 rings (SSSR count). The Kier molecular flexibility index (Phi) is 7.94. The fourth-order valence-electron chi connectivity index (χ4n) is 3.35. The Morgan fingerprint density at radius 1 is 0.900 bits per heavy atom. The van der Waals surface area contributed by atoms with Crippen molar-refractivity contribution in [1.29, 1.82) is 0 Å². The molecule has 0 aliphatic heterocycles. The van der Waals surface area contributed by atoms with Gasteiger partial charge in [-0.3, -0.25) is 9.55 Å². The number of aryl methyl sites for hydroxylation is 1. The van der Waals surface area contributed by atoms with E-state index in [2.05, 4.69) is 54.7 Å². The first kappa shape index (κ1) is 22.4. The molecule has 2 aromatic carbocycles. The van der Waals surface area contributed by atoms with Gasteiger partial charge in [0.1, 0.15) is 0 Å². The van der Waals surface area contributed by atoms with Crippen molar-refractivity contribution in [2.45, 2.75) is 32.7 Å². The topological polar surface area (TPSA) is 82.5 Å². The molecule has 0 amide bonds. The van der Waals surface area contributed by atoms with Crippen molar-refractivity contribution in [3.05, 3.63) is 78.0 Å². The monoisotopic (exact) mass is 424 g/mol. The summed E-state index contributed by atoms with van der Waals surface area (Å²) < 4.78 is 10.9. The summed E-state index contributed by atoms with van der Waals surface area (Å²) in [6, 6.07) is 23.0. The van der Waals surface area contributed by atoms with Crippen molar-refractivity contribution in [2.75, 3.05) is 12.7 Å². The second-order valence-corrected chi connectivity index (χ2v) is 9.16. The average Bonchev–Trinajstić information content (AvgIpc) is 2.76. The van der Waals surface area contributed by atoms with E-state index in [0.717, 1.165) is 40.9 Å². The van der Waals surface area contributed by atoms with Crippen LogP contribution in [0.15, 0.2) is 66.7 Å². The van der Waals surface area contributed by atoms with E-state index in [-0.39, 0.29) is 6.16 Å². The average molecular weight is 424 g/mol. The van der Waals surface area contributed by atoms with E-state index in [4.69, 9.17) is 14.8 Å². The third-order valence-electron chi connectivity index (χ3n) is 5.03. The van der Waals surface area contributed by atoms with Crippen LogP contribution in [-0.4, -0.2) is 27.5 Å². The minimum atomic E-state index is -3.89. The van der Waals surface area contributed by atoms with Gasteiger partial charge >= 0.3 is 7.60 Å². The minimum Gasteiger partial charge on any atom is -0.324 e. The number of rotatable bonds is 10. The molecule has 3 aromatic rings. The molecule has 1 aromatic heterocycles. The molecule has 0 spiro atoms. The van der Waals surface area contributed by atoms with Crippen LogP contribution in [-0.2, 0) is 17.5 Å². The number of nitrogens with zero attached hydrogens (tertiary/aromatic N) is 1. The quantitative estimate of drug-likeness (QED) is 0.314. The number of nitrogens with one attached hydrogen (secondary N) is 1. The zero-order chi connectivity index (χ0) is 21.4. The Hall–Kier alpha value is -2.30. The molecule has 0 aliphatic carbocycles. The van der Waals surface area contributed by atoms with Gasteiger partial charge in [-0.15, -0.1) is 0 Å². The van der Waals surface area contributed by atoms with Gasteiger partial charge < -0.3 is 15.1 Å². The van der Waals surface area contributed by atoms with Gasteiger partial charge in [-0.25, -0.2) is 0 Å². The number of hydrogen-bond donors (Lipinski definition) is 3. The highest BCUT2D eigenvalue weighted by molar-refractivity contribution is 7.51. The van der Waals surface area contributed by atoms with Crippen LogP contribution in [0.2, 0.25) is 0 Å². The van der Waals surface area contributed by atoms with Crippen LogP contribution in [0.25, 0.3) is 22.4 Å². The molecule has 0 saturated heterocycles. The molecular weight excluding hydrogens is 395 g/mol. The molecule has 6 heteroatoms. The van der Waals surface area contributed by atoms with Crippen molar-refractivity contribution >= 4 is 7.60 Å². The predicted molar refractivity (Wildman–Crippen MR) is 122 cm³/mol. The molecule has 3 N–H and O–H groups in total. The fraction of sp³-hybridized carbons (Fsp3) is 0.292. The molecule has 0 radical (unpaired) electrons. The molecule has 0 fully saturated rings. The first-order valence-corrected chi connectivity index (χ1v) is 12.2. The van der Waals surface area contributed by atoms with Crippen LogP contribution >= 0.6 is 7.60 Å². The summed E-state index contributed by atoms with van der Waals surface area (Å²) in [4.78, 5) is 22.8. The van der Waals surface area contributed by atoms with Gasteiger partial charge in [0, 0.05) is 23.8 Å². The van der Waals surface area contributed by atoms with E-state index in [1.54, 1.807) is 0 Å². The summed E-state index contributed by atoms with van der Waals surface area (Å²) in [5.41, 5.74) is 6.55. The summed E-state index contributed by atoms with van der Waals surface area (Å²) >= 11 is 0. The SMILES string of the molecule is CCc1ccc(-c2ccc(CNCCCCP(=O)(O)O)nc2-c2ccccc2)cc1. The van der Waals surface area contributed by atoms with Crippen molar-refractivity contribution in [1.82, 2.24) is 10.3 Å². The fourth-order valence-corrected chi connectivity index (χ4v) is 3.99. The predicted octanol–water partition coefficient (Wildman–Crippen LogP) is 5.03. The number of unbranched alkanes of at least 4 members (excludes halogenated alkanes) is 1. The molecule has 0 unspecified atom stereocenters. The zero-order valence-electron chi connectivity index (χ0n) is 17.3. The standard InChI is InChI=1S/C24H29N2O3P/c1-2-19-10-12-20(13-11-19)23-15-14-22(18-25-16-6-7-17-30(27,28)29)26-24(23)21-8-4-3-5-9-21/h3-5,8-15,25H,2,6-7,16-18H2,1H3,(H2,27,28,29). The zero-order valence-corrected chi connectivity index (χ0v) is 18.2. The lowest BCUT2D eigenvalue weighted by Crippen LogP contribution is -2.16. The van der Waals surface area contributed by atoms with Gasteiger partial charge in [0.25, 0.3) is 0 Å². The lowest BCUT2D eigenvalue weighted by atomic mass is 9.97. The second-order valence-electron chi connectivity index (χ2n) is 7.39. The van der Waals surface area contributed by atoms with E-state index in [0.29, 0.717) is 19.5 Å². The highest BCUT2D eigenvalue weighted by Gasteiger charge is 2.12. The molecule has 30 heavy (non-hydrogen) atoms. The molecule has 1 heterocycles. The molecule has 0 aliphatic rings. The van der Waals surface area contributed by atoms with Crippen LogP contribution < -0.4 is 5.32 Å². The van der Waals surface area contributed by atoms with Crippen LogP contribution in [0, 0.1) is 0 Å². The molecule has 5 nitrogen and oxygen atoms in total. The smallest absolute Gasteiger partial charge is 0.324 e. The lowest BCUT2D eigenvalue weighted by molar-refractivity contribution is 0.371. The Balaban J connectivity index is 1.74. The Bertz CT molecular complexity index is 985. The normalized spacial score (nSPS) is 11.6. The highest BCUT2D eigenvalue weighted by Crippen LogP contribution is 2.35. The van der Waals surface area contributed by atoms with Crippen LogP contribution in [0.3, 0.4) is 0 Å². The van der Waals surface area contributed by atoms with E-state index in [9.17, 15) is 4.57 Å². The van der Waals surface area contributed by atoms with E-state index in [1.165, 1.54) is 5.56 Å². The van der Waals surface area contributed by atoms with Crippen molar-refractivity contribution < 1.29 is 14.4 Å². The first-order valence-electron chi connectivity index (χ1n) is 10.4. The molecule has 0 bridgehead atoms. The van der Waals surface area contributed by atoms with E-state index < -0.39 is 7.60 Å². The summed E-state index contributed by atoms with van der Waals surface area (Å²) in [5.74, 6) is 0. The van der Waals surface area contributed by atoms with Gasteiger partial charge in [-0.2, -0.15) is 0 Å². The Labute approximate surface area is 178 Å². The first-order chi connectivity index (χ1) is 14.5. The Morgan fingerprint density at radius 2 is 1.63 bits per heavy atom. The number of benzene rings is 2. The van der Waals surface area contributed by atoms with E-state index in [1.807, 2.05) is 24.3 Å². The van der Waals surface area contributed by atoms with Gasteiger partial charge in [0.05, 0.1) is 11.4 Å². The summed E-state index contributed by atoms with van der Waals surface area (Å²) in [6.07, 6.45) is 2.19. The summed E-state index contributed by atoms with van der Waals surface area (Å²) in [6.45, 7) is 3.47. The largest absolute Gasteiger partial charge is 0.325 e. The lowest BCUT2D eigenvalue weighted by Gasteiger charge is -2.13. The van der Waals surface area contributed by atoms with Crippen molar-refractivity contribution in [3.8, 4) is 22.4 Å². The van der Waals surface area contributed by atoms with Crippen LogP contribution in [0.1, 0.15) is 31.0 Å². The third-order valence-corrected chi connectivity index (χ3v) is 5.93. The molecular formula is C24H29N2O3P. The van der Waals surface area contributed by atoms with Gasteiger partial charge in [-0.1, -0.05) is 67.6 Å². The van der Waals surface area contributed by atoms with Crippen molar-refractivity contribution in [3.63, 3.8) is 0 Å². The van der Waals surface area contributed by atoms with Gasteiger partial charge in [0.2, 0.25) is 0 Å². The Morgan fingerprint density at radius 3 is 2.30 bits per heavy atom. The molecule has 158 valence electrons. The summed E-state index contributed by atoms with van der Waals surface area (Å²) in [7, 11) is -3.89. The molecule has 0 atom stereocenters. The second kappa shape index (κ2) is 10.6. The maximum absolute atomic E-state index is 10.9. The number of hydrogen-bond acceptors (Lipinski definition) is 3. The maximum atomic E-state index is 10.9. The molecule has 0 saturated carbocycles. The van der Waals surface area contributed by atoms with Gasteiger partial charge in [-0.05, 0) is 43.0 Å². The van der Waals surface area contributed by atoms with Crippen LogP contribution in [0.5, 0.6) is 0 Å². The number of pyridine rings is 1.